The zero-order valence-corrected chi connectivity index (χ0v) is 23.3. The number of alkyl halides is 2. The van der Waals surface area contributed by atoms with Crippen molar-refractivity contribution >= 4 is 29.3 Å². The van der Waals surface area contributed by atoms with Crippen LogP contribution in [0, 0.1) is 12.8 Å². The maximum Gasteiger partial charge on any atom is 0.321 e. The van der Waals surface area contributed by atoms with Gasteiger partial charge in [0.15, 0.2) is 0 Å². The summed E-state index contributed by atoms with van der Waals surface area (Å²) >= 11 is 0.921. The van der Waals surface area contributed by atoms with Gasteiger partial charge in [-0.25, -0.2) is 13.5 Å². The van der Waals surface area contributed by atoms with Gasteiger partial charge in [-0.2, -0.15) is 0 Å². The molecule has 4 rings (SSSR count). The van der Waals surface area contributed by atoms with Gasteiger partial charge < -0.3 is 15.2 Å². The molecule has 0 amide bonds. The second kappa shape index (κ2) is 13.5. The number of aryl methyl sites for hydroxylation is 1. The highest BCUT2D eigenvalue weighted by Crippen LogP contribution is 2.34. The number of anilines is 2. The second-order valence-electron chi connectivity index (χ2n) is 9.84. The lowest BCUT2D eigenvalue weighted by Gasteiger charge is -2.18. The molecule has 0 aliphatic rings. The van der Waals surface area contributed by atoms with E-state index in [2.05, 4.69) is 29.1 Å². The lowest BCUT2D eigenvalue weighted by atomic mass is 10.0. The third-order valence-corrected chi connectivity index (χ3v) is 7.29. The maximum atomic E-state index is 13.9. The first-order chi connectivity index (χ1) is 19.2. The van der Waals surface area contributed by atoms with E-state index in [0.29, 0.717) is 17.1 Å². The molecule has 1 atom stereocenters. The third-order valence-electron chi connectivity index (χ3n) is 6.33. The number of nitrogens with one attached hydrogen (secondary N) is 2. The first-order valence-electron chi connectivity index (χ1n) is 12.9. The highest BCUT2D eigenvalue weighted by molar-refractivity contribution is 7.97. The molecule has 4 aromatic carbocycles. The molecule has 0 radical (unpaired) electrons. The van der Waals surface area contributed by atoms with Gasteiger partial charge in [-0.05, 0) is 95.6 Å². The van der Waals surface area contributed by atoms with Gasteiger partial charge in [0.1, 0.15) is 18.4 Å². The Kier molecular flexibility index (Phi) is 9.79. The average Bonchev–Trinajstić information content (AvgIpc) is 2.93. The number of benzene rings is 4. The Morgan fingerprint density at radius 2 is 1.60 bits per heavy atom. The van der Waals surface area contributed by atoms with Gasteiger partial charge >= 0.3 is 5.97 Å². The lowest BCUT2D eigenvalue weighted by molar-refractivity contribution is -0.139. The minimum absolute atomic E-state index is 0.143. The molecular weight excluding hydrogens is 530 g/mol. The number of rotatable bonds is 12. The molecule has 3 N–H and O–H groups in total. The number of ether oxygens (including phenoxy) is 1. The van der Waals surface area contributed by atoms with Crippen molar-refractivity contribution in [2.24, 2.45) is 5.92 Å². The normalized spacial score (nSPS) is 12.0. The van der Waals surface area contributed by atoms with Gasteiger partial charge in [-0.1, -0.05) is 56.3 Å². The van der Waals surface area contributed by atoms with Crippen LogP contribution in [0.3, 0.4) is 0 Å². The monoisotopic (exact) mass is 562 g/mol. The van der Waals surface area contributed by atoms with Crippen LogP contribution in [-0.2, 0) is 11.4 Å². The highest BCUT2D eigenvalue weighted by atomic mass is 32.2. The fourth-order valence-corrected chi connectivity index (χ4v) is 5.10. The largest absolute Gasteiger partial charge is 0.489 e. The highest BCUT2D eigenvalue weighted by Gasteiger charge is 2.23. The minimum Gasteiger partial charge on any atom is -0.489 e. The van der Waals surface area contributed by atoms with E-state index in [1.165, 1.54) is 11.6 Å². The summed E-state index contributed by atoms with van der Waals surface area (Å²) in [6, 6.07) is 27.5. The number of carbonyl (C=O) groups is 1. The molecule has 0 bridgehead atoms. The van der Waals surface area contributed by atoms with Crippen molar-refractivity contribution in [3.63, 3.8) is 0 Å². The quantitative estimate of drug-likeness (QED) is 0.150. The zero-order chi connectivity index (χ0) is 28.6. The van der Waals surface area contributed by atoms with Crippen LogP contribution in [0.5, 0.6) is 5.75 Å². The van der Waals surface area contributed by atoms with Crippen molar-refractivity contribution in [2.75, 3.05) is 5.32 Å². The molecule has 0 aromatic heterocycles. The Balaban J connectivity index is 1.37. The molecule has 40 heavy (non-hydrogen) atoms. The van der Waals surface area contributed by atoms with Gasteiger partial charge in [0.25, 0.3) is 6.43 Å². The fraction of sp³-hybridized carbons (Fsp3) is 0.219. The van der Waals surface area contributed by atoms with Crippen LogP contribution in [-0.4, -0.2) is 17.1 Å². The molecule has 0 aliphatic carbocycles. The van der Waals surface area contributed by atoms with E-state index in [-0.39, 0.29) is 11.5 Å². The molecule has 208 valence electrons. The van der Waals surface area contributed by atoms with Gasteiger partial charge in [0.2, 0.25) is 0 Å². The van der Waals surface area contributed by atoms with Crippen LogP contribution in [0.2, 0.25) is 0 Å². The van der Waals surface area contributed by atoms with Crippen molar-refractivity contribution < 1.29 is 23.4 Å². The Morgan fingerprint density at radius 3 is 2.23 bits per heavy atom. The van der Waals surface area contributed by atoms with Crippen LogP contribution < -0.4 is 14.8 Å². The molecule has 0 saturated heterocycles. The molecule has 0 aliphatic heterocycles. The Hall–Kier alpha value is -3.88. The fourth-order valence-electron chi connectivity index (χ4n) is 4.07. The van der Waals surface area contributed by atoms with E-state index in [1.807, 2.05) is 60.7 Å². The summed E-state index contributed by atoms with van der Waals surface area (Å²) in [7, 11) is 0. The van der Waals surface area contributed by atoms with Gasteiger partial charge in [-0.3, -0.25) is 4.79 Å². The summed E-state index contributed by atoms with van der Waals surface area (Å²) in [5.41, 5.74) is 5.44. The summed E-state index contributed by atoms with van der Waals surface area (Å²) in [4.78, 5) is 11.7. The van der Waals surface area contributed by atoms with E-state index in [1.54, 1.807) is 26.0 Å². The smallest absolute Gasteiger partial charge is 0.321 e. The molecule has 1 unspecified atom stereocenters. The van der Waals surface area contributed by atoms with E-state index < -0.39 is 18.4 Å². The van der Waals surface area contributed by atoms with Crippen molar-refractivity contribution in [3.05, 3.63) is 108 Å². The molecule has 8 heteroatoms. The van der Waals surface area contributed by atoms with Crippen molar-refractivity contribution in [1.82, 2.24) is 4.72 Å². The summed E-state index contributed by atoms with van der Waals surface area (Å²) < 4.78 is 36.5. The summed E-state index contributed by atoms with van der Waals surface area (Å²) in [6.45, 7) is 5.95. The van der Waals surface area contributed by atoms with Gasteiger partial charge in [0.05, 0.1) is 0 Å². The summed E-state index contributed by atoms with van der Waals surface area (Å²) in [5.74, 6) is -0.471. The number of halogens is 2. The molecule has 0 heterocycles. The van der Waals surface area contributed by atoms with Gasteiger partial charge in [0, 0.05) is 21.8 Å². The van der Waals surface area contributed by atoms with Crippen molar-refractivity contribution in [3.8, 4) is 16.9 Å². The summed E-state index contributed by atoms with van der Waals surface area (Å²) in [6.07, 6.45) is -2.70. The van der Waals surface area contributed by atoms with Crippen molar-refractivity contribution in [1.29, 1.82) is 0 Å². The lowest BCUT2D eigenvalue weighted by Crippen LogP contribution is -2.36. The Bertz CT molecular complexity index is 1430. The Morgan fingerprint density at radius 1 is 0.900 bits per heavy atom. The van der Waals surface area contributed by atoms with Crippen molar-refractivity contribution in [2.45, 2.75) is 44.7 Å². The van der Waals surface area contributed by atoms with E-state index in [0.717, 1.165) is 40.2 Å². The van der Waals surface area contributed by atoms with E-state index in [4.69, 9.17) is 4.74 Å². The second-order valence-corrected chi connectivity index (χ2v) is 10.7. The zero-order valence-electron chi connectivity index (χ0n) is 22.5. The first kappa shape index (κ1) is 29.1. The molecule has 5 nitrogen and oxygen atoms in total. The number of aliphatic carboxylic acids is 1. The molecular formula is C32H32F2N2O3S. The summed E-state index contributed by atoms with van der Waals surface area (Å²) in [5, 5.41) is 12.7. The SMILES string of the molecule is Cc1cccc(Nc2ccc(OCc3ccc(-c4ccc(SNC(C(=O)O)C(C)C)c(C(F)F)c4)cc3)cc2)c1. The molecule has 4 aromatic rings. The van der Waals surface area contributed by atoms with Crippen LogP contribution in [0.4, 0.5) is 20.2 Å². The van der Waals surface area contributed by atoms with Crippen LogP contribution in [0.1, 0.15) is 37.0 Å². The number of carboxylic acids is 1. The van der Waals surface area contributed by atoms with Crippen LogP contribution in [0.25, 0.3) is 11.1 Å². The number of carboxylic acid groups (broad SMARTS) is 1. The number of hydrogen-bond acceptors (Lipinski definition) is 5. The molecule has 0 spiro atoms. The third kappa shape index (κ3) is 7.83. The Labute approximate surface area is 237 Å². The van der Waals surface area contributed by atoms with E-state index in [9.17, 15) is 18.7 Å². The number of hydrogen-bond donors (Lipinski definition) is 3. The topological polar surface area (TPSA) is 70.6 Å². The maximum absolute atomic E-state index is 13.9. The van der Waals surface area contributed by atoms with Crippen LogP contribution >= 0.6 is 11.9 Å². The predicted octanol–water partition coefficient (Wildman–Crippen LogP) is 8.63. The van der Waals surface area contributed by atoms with Crippen LogP contribution in [0.15, 0.2) is 95.9 Å². The minimum atomic E-state index is -2.70. The van der Waals surface area contributed by atoms with Gasteiger partial charge in [-0.15, -0.1) is 0 Å². The van der Waals surface area contributed by atoms with E-state index >= 15 is 0 Å². The first-order valence-corrected chi connectivity index (χ1v) is 13.7. The average molecular weight is 563 g/mol. The predicted molar refractivity (Wildman–Crippen MR) is 157 cm³/mol. The molecule has 0 fully saturated rings. The molecule has 0 saturated carbocycles. The standard InChI is InChI=1S/C32H32F2N2O3S/c1-20(2)30(32(37)38)36-40-29-16-11-24(18-28(29)31(33)34)23-9-7-22(8-10-23)19-39-27-14-12-25(13-15-27)35-26-6-4-5-21(3)17-26/h4-18,20,30-31,35-36H,19H2,1-3H3,(H,37,38).